The molecular formula is C16H17FO2. The third-order valence-electron chi connectivity index (χ3n) is 2.83. The molecule has 2 aromatic carbocycles. The van der Waals surface area contributed by atoms with Crippen molar-refractivity contribution in [2.45, 2.75) is 19.4 Å². The Labute approximate surface area is 112 Å². The van der Waals surface area contributed by atoms with Crippen LogP contribution in [0.25, 0.3) is 0 Å². The molecule has 0 heterocycles. The minimum Gasteiger partial charge on any atom is -0.494 e. The molecule has 19 heavy (non-hydrogen) atoms. The van der Waals surface area contributed by atoms with Crippen molar-refractivity contribution in [3.8, 4) is 5.75 Å². The summed E-state index contributed by atoms with van der Waals surface area (Å²) in [6, 6.07) is 13.2. The third kappa shape index (κ3) is 3.55. The number of aliphatic hydroxyl groups is 1. The molecule has 1 unspecified atom stereocenters. The number of ether oxygens (including phenoxy) is 1. The van der Waals surface area contributed by atoms with E-state index >= 15 is 0 Å². The highest BCUT2D eigenvalue weighted by Crippen LogP contribution is 2.25. The van der Waals surface area contributed by atoms with E-state index in [1.807, 2.05) is 31.2 Å². The Morgan fingerprint density at radius 2 is 1.84 bits per heavy atom. The molecule has 0 saturated carbocycles. The van der Waals surface area contributed by atoms with Gasteiger partial charge in [-0.05, 0) is 41.8 Å². The van der Waals surface area contributed by atoms with Crippen molar-refractivity contribution in [1.82, 2.24) is 0 Å². The van der Waals surface area contributed by atoms with E-state index in [9.17, 15) is 9.50 Å². The Morgan fingerprint density at radius 1 is 1.11 bits per heavy atom. The SMILES string of the molecule is CCCOc1cccc(C(O)c2ccc(F)cc2)c1. The second-order valence-electron chi connectivity index (χ2n) is 4.38. The van der Waals surface area contributed by atoms with Gasteiger partial charge in [0.2, 0.25) is 0 Å². The van der Waals surface area contributed by atoms with Gasteiger partial charge in [-0.3, -0.25) is 0 Å². The second kappa shape index (κ2) is 6.34. The van der Waals surface area contributed by atoms with Gasteiger partial charge in [0.05, 0.1) is 6.61 Å². The Morgan fingerprint density at radius 3 is 2.53 bits per heavy atom. The van der Waals surface area contributed by atoms with Gasteiger partial charge in [-0.1, -0.05) is 31.2 Å². The average molecular weight is 260 g/mol. The van der Waals surface area contributed by atoms with Crippen LogP contribution in [0.15, 0.2) is 48.5 Å². The Kier molecular flexibility index (Phi) is 4.53. The number of hydrogen-bond donors (Lipinski definition) is 1. The fourth-order valence-electron chi connectivity index (χ4n) is 1.83. The zero-order valence-corrected chi connectivity index (χ0v) is 10.8. The molecule has 0 fully saturated rings. The monoisotopic (exact) mass is 260 g/mol. The van der Waals surface area contributed by atoms with Crippen molar-refractivity contribution < 1.29 is 14.2 Å². The molecule has 2 rings (SSSR count). The van der Waals surface area contributed by atoms with E-state index in [1.54, 1.807) is 12.1 Å². The lowest BCUT2D eigenvalue weighted by atomic mass is 10.0. The number of hydrogen-bond acceptors (Lipinski definition) is 2. The Hall–Kier alpha value is -1.87. The lowest BCUT2D eigenvalue weighted by Crippen LogP contribution is -2.01. The molecule has 0 radical (unpaired) electrons. The molecule has 1 atom stereocenters. The van der Waals surface area contributed by atoms with E-state index in [0.717, 1.165) is 17.7 Å². The van der Waals surface area contributed by atoms with Crippen LogP contribution in [0.1, 0.15) is 30.6 Å². The van der Waals surface area contributed by atoms with Crippen LogP contribution in [0.2, 0.25) is 0 Å². The molecule has 0 amide bonds. The number of benzene rings is 2. The summed E-state index contributed by atoms with van der Waals surface area (Å²) < 4.78 is 18.4. The third-order valence-corrected chi connectivity index (χ3v) is 2.83. The summed E-state index contributed by atoms with van der Waals surface area (Å²) in [7, 11) is 0. The Balaban J connectivity index is 2.18. The lowest BCUT2D eigenvalue weighted by Gasteiger charge is -2.13. The van der Waals surface area contributed by atoms with Crippen LogP contribution in [-0.2, 0) is 0 Å². The highest BCUT2D eigenvalue weighted by atomic mass is 19.1. The van der Waals surface area contributed by atoms with Crippen molar-refractivity contribution in [3.05, 3.63) is 65.5 Å². The average Bonchev–Trinajstić information content (AvgIpc) is 2.45. The van der Waals surface area contributed by atoms with Gasteiger partial charge in [-0.25, -0.2) is 4.39 Å². The summed E-state index contributed by atoms with van der Waals surface area (Å²) in [6.45, 7) is 2.69. The maximum absolute atomic E-state index is 12.9. The van der Waals surface area contributed by atoms with Crippen molar-refractivity contribution in [2.24, 2.45) is 0 Å². The van der Waals surface area contributed by atoms with Crippen molar-refractivity contribution >= 4 is 0 Å². The van der Waals surface area contributed by atoms with Gasteiger partial charge in [0.1, 0.15) is 17.7 Å². The summed E-state index contributed by atoms with van der Waals surface area (Å²) >= 11 is 0. The van der Waals surface area contributed by atoms with Gasteiger partial charge in [0, 0.05) is 0 Å². The van der Waals surface area contributed by atoms with E-state index in [1.165, 1.54) is 12.1 Å². The normalized spacial score (nSPS) is 12.2. The summed E-state index contributed by atoms with van der Waals surface area (Å²) in [5, 5.41) is 10.3. The van der Waals surface area contributed by atoms with E-state index in [2.05, 4.69) is 0 Å². The molecular weight excluding hydrogens is 243 g/mol. The zero-order valence-electron chi connectivity index (χ0n) is 10.8. The molecule has 0 aromatic heterocycles. The fourth-order valence-corrected chi connectivity index (χ4v) is 1.83. The summed E-state index contributed by atoms with van der Waals surface area (Å²) in [4.78, 5) is 0. The number of rotatable bonds is 5. The van der Waals surface area contributed by atoms with Gasteiger partial charge in [-0.15, -0.1) is 0 Å². The lowest BCUT2D eigenvalue weighted by molar-refractivity contribution is 0.219. The van der Waals surface area contributed by atoms with Gasteiger partial charge in [-0.2, -0.15) is 0 Å². The molecule has 3 heteroatoms. The highest BCUT2D eigenvalue weighted by Gasteiger charge is 2.11. The molecule has 2 nitrogen and oxygen atoms in total. The van der Waals surface area contributed by atoms with Gasteiger partial charge in [0.15, 0.2) is 0 Å². The van der Waals surface area contributed by atoms with Gasteiger partial charge in [0.25, 0.3) is 0 Å². The molecule has 100 valence electrons. The summed E-state index contributed by atoms with van der Waals surface area (Å²) in [5.41, 5.74) is 1.40. The number of halogens is 1. The predicted molar refractivity (Wildman–Crippen MR) is 72.7 cm³/mol. The summed E-state index contributed by atoms with van der Waals surface area (Å²) in [6.07, 6.45) is 0.163. The van der Waals surface area contributed by atoms with Crippen LogP contribution >= 0.6 is 0 Å². The van der Waals surface area contributed by atoms with E-state index < -0.39 is 6.10 Å². The van der Waals surface area contributed by atoms with Crippen molar-refractivity contribution in [1.29, 1.82) is 0 Å². The summed E-state index contributed by atoms with van der Waals surface area (Å²) in [5.74, 6) is 0.427. The topological polar surface area (TPSA) is 29.5 Å². The molecule has 0 bridgehead atoms. The first-order valence-corrected chi connectivity index (χ1v) is 6.37. The molecule has 0 spiro atoms. The largest absolute Gasteiger partial charge is 0.494 e. The van der Waals surface area contributed by atoms with Crippen LogP contribution < -0.4 is 4.74 Å². The predicted octanol–water partition coefficient (Wildman–Crippen LogP) is 3.70. The van der Waals surface area contributed by atoms with Gasteiger partial charge >= 0.3 is 0 Å². The molecule has 0 aliphatic carbocycles. The first-order chi connectivity index (χ1) is 9.20. The van der Waals surface area contributed by atoms with Crippen molar-refractivity contribution in [3.63, 3.8) is 0 Å². The maximum atomic E-state index is 12.9. The van der Waals surface area contributed by atoms with Crippen molar-refractivity contribution in [2.75, 3.05) is 6.61 Å². The van der Waals surface area contributed by atoms with Crippen LogP contribution in [0.4, 0.5) is 4.39 Å². The van der Waals surface area contributed by atoms with E-state index in [4.69, 9.17) is 4.74 Å². The molecule has 0 aliphatic heterocycles. The van der Waals surface area contributed by atoms with Crippen LogP contribution in [0.5, 0.6) is 5.75 Å². The first kappa shape index (κ1) is 13.6. The maximum Gasteiger partial charge on any atom is 0.123 e. The molecule has 0 saturated heterocycles. The highest BCUT2D eigenvalue weighted by molar-refractivity contribution is 5.35. The standard InChI is InChI=1S/C16H17FO2/c1-2-10-19-15-5-3-4-13(11-15)16(18)12-6-8-14(17)9-7-12/h3-9,11,16,18H,2,10H2,1H3. The van der Waals surface area contributed by atoms with Crippen LogP contribution in [-0.4, -0.2) is 11.7 Å². The zero-order chi connectivity index (χ0) is 13.7. The minimum atomic E-state index is -0.772. The molecule has 2 aromatic rings. The molecule has 0 aliphatic rings. The van der Waals surface area contributed by atoms with Crippen LogP contribution in [0, 0.1) is 5.82 Å². The van der Waals surface area contributed by atoms with Crippen LogP contribution in [0.3, 0.4) is 0 Å². The minimum absolute atomic E-state index is 0.309. The smallest absolute Gasteiger partial charge is 0.123 e. The molecule has 1 N–H and O–H groups in total. The fraction of sp³-hybridized carbons (Fsp3) is 0.250. The first-order valence-electron chi connectivity index (χ1n) is 6.37. The number of aliphatic hydroxyl groups excluding tert-OH is 1. The quantitative estimate of drug-likeness (QED) is 0.888. The Bertz CT molecular complexity index is 523. The second-order valence-corrected chi connectivity index (χ2v) is 4.38. The van der Waals surface area contributed by atoms with Gasteiger partial charge < -0.3 is 9.84 Å². The van der Waals surface area contributed by atoms with E-state index in [0.29, 0.717) is 12.2 Å². The van der Waals surface area contributed by atoms with E-state index in [-0.39, 0.29) is 5.82 Å².